The van der Waals surface area contributed by atoms with Crippen molar-refractivity contribution in [2.45, 2.75) is 6.42 Å². The first-order valence-electron chi connectivity index (χ1n) is 4.71. The van der Waals surface area contributed by atoms with Crippen molar-refractivity contribution in [3.8, 4) is 0 Å². The molecule has 15 heavy (non-hydrogen) atoms. The number of hydrogen-bond acceptors (Lipinski definition) is 3. The zero-order chi connectivity index (χ0) is 10.4. The van der Waals surface area contributed by atoms with Gasteiger partial charge >= 0.3 is 0 Å². The highest BCUT2D eigenvalue weighted by molar-refractivity contribution is 6.43. The van der Waals surface area contributed by atoms with Gasteiger partial charge in [-0.25, -0.2) is 4.99 Å². The number of hydrogen-bond donors (Lipinski definition) is 1. The number of amides is 1. The zero-order valence-corrected chi connectivity index (χ0v) is 7.97. The van der Waals surface area contributed by atoms with Gasteiger partial charge in [0.15, 0.2) is 0 Å². The molecule has 1 amide bonds. The van der Waals surface area contributed by atoms with E-state index in [1.165, 1.54) is 5.57 Å². The summed E-state index contributed by atoms with van der Waals surface area (Å²) in [6.07, 6.45) is 10.5. The number of carbonyl (C=O) groups is 1. The quantitative estimate of drug-likeness (QED) is 0.679. The van der Waals surface area contributed by atoms with Crippen LogP contribution in [0.15, 0.2) is 52.6 Å². The van der Waals surface area contributed by atoms with Crippen LogP contribution in [0.2, 0.25) is 0 Å². The Labute approximate surface area is 86.8 Å². The Kier molecular flexibility index (Phi) is 1.48. The molecule has 0 radical (unpaired) electrons. The van der Waals surface area contributed by atoms with Crippen molar-refractivity contribution < 1.29 is 4.79 Å². The number of nitrogens with two attached hydrogens (primary N) is 1. The SMILES string of the molecule is NC(=O)C1=NC2=C3C=CC(=CN2C=C1)C3. The molecule has 1 aliphatic carbocycles. The molecule has 4 heteroatoms. The minimum absolute atomic E-state index is 0.311. The summed E-state index contributed by atoms with van der Waals surface area (Å²) in [7, 11) is 0. The number of nitrogens with zero attached hydrogens (tertiary/aromatic N) is 2. The average Bonchev–Trinajstić information content (AvgIpc) is 2.61. The molecule has 2 heterocycles. The van der Waals surface area contributed by atoms with Gasteiger partial charge < -0.3 is 10.6 Å². The second-order valence-corrected chi connectivity index (χ2v) is 3.65. The van der Waals surface area contributed by atoms with E-state index in [0.717, 1.165) is 17.8 Å². The van der Waals surface area contributed by atoms with Gasteiger partial charge in [0.2, 0.25) is 0 Å². The summed E-state index contributed by atoms with van der Waals surface area (Å²) in [6, 6.07) is 0. The summed E-state index contributed by atoms with van der Waals surface area (Å²) in [6.45, 7) is 0. The van der Waals surface area contributed by atoms with Crippen LogP contribution in [-0.4, -0.2) is 16.5 Å². The van der Waals surface area contributed by atoms with E-state index in [-0.39, 0.29) is 0 Å². The molecule has 0 spiro atoms. The minimum Gasteiger partial charge on any atom is -0.364 e. The summed E-state index contributed by atoms with van der Waals surface area (Å²) in [5.74, 6) is 0.319. The second-order valence-electron chi connectivity index (χ2n) is 3.65. The zero-order valence-electron chi connectivity index (χ0n) is 7.97. The Hall–Kier alpha value is -2.10. The van der Waals surface area contributed by atoms with Crippen LogP contribution in [0.5, 0.6) is 0 Å². The van der Waals surface area contributed by atoms with Crippen LogP contribution in [0.25, 0.3) is 0 Å². The van der Waals surface area contributed by atoms with E-state index in [4.69, 9.17) is 5.73 Å². The molecule has 4 nitrogen and oxygen atoms in total. The molecule has 3 aliphatic rings. The van der Waals surface area contributed by atoms with E-state index in [1.807, 2.05) is 23.4 Å². The van der Waals surface area contributed by atoms with E-state index >= 15 is 0 Å². The molecule has 0 saturated carbocycles. The lowest BCUT2D eigenvalue weighted by Gasteiger charge is -2.25. The first-order valence-corrected chi connectivity index (χ1v) is 4.71. The molecular formula is C11H9N3O. The topological polar surface area (TPSA) is 58.7 Å². The molecule has 2 aliphatic heterocycles. The third-order valence-electron chi connectivity index (χ3n) is 2.60. The van der Waals surface area contributed by atoms with Crippen LogP contribution in [0.3, 0.4) is 0 Å². The summed E-state index contributed by atoms with van der Waals surface area (Å²) in [5.41, 5.74) is 7.90. The van der Waals surface area contributed by atoms with Crippen molar-refractivity contribution in [2.75, 3.05) is 0 Å². The summed E-state index contributed by atoms with van der Waals surface area (Å²) in [5, 5.41) is 0. The predicted octanol–water partition coefficient (Wildman–Crippen LogP) is 0.811. The molecule has 3 rings (SSSR count). The fourth-order valence-corrected chi connectivity index (χ4v) is 1.88. The first kappa shape index (κ1) is 8.23. The summed E-state index contributed by atoms with van der Waals surface area (Å²) in [4.78, 5) is 17.2. The molecule has 0 atom stereocenters. The highest BCUT2D eigenvalue weighted by Crippen LogP contribution is 2.34. The molecule has 0 aromatic carbocycles. The van der Waals surface area contributed by atoms with Gasteiger partial charge in [0, 0.05) is 18.8 Å². The van der Waals surface area contributed by atoms with Gasteiger partial charge in [-0.05, 0) is 17.2 Å². The number of fused-ring (bicyclic) bond motifs is 3. The fourth-order valence-electron chi connectivity index (χ4n) is 1.88. The largest absolute Gasteiger partial charge is 0.364 e. The Morgan fingerprint density at radius 3 is 3.07 bits per heavy atom. The van der Waals surface area contributed by atoms with Gasteiger partial charge in [0.05, 0.1) is 0 Å². The van der Waals surface area contributed by atoms with E-state index in [0.29, 0.717) is 5.71 Å². The Balaban J connectivity index is 2.11. The Morgan fingerprint density at radius 2 is 2.27 bits per heavy atom. The molecule has 0 unspecified atom stereocenters. The fraction of sp³-hybridized carbons (Fsp3) is 0.0909. The van der Waals surface area contributed by atoms with Crippen LogP contribution in [0.1, 0.15) is 6.42 Å². The molecule has 74 valence electrons. The van der Waals surface area contributed by atoms with E-state index in [2.05, 4.69) is 11.1 Å². The van der Waals surface area contributed by atoms with Crippen LogP contribution >= 0.6 is 0 Å². The van der Waals surface area contributed by atoms with Crippen molar-refractivity contribution in [2.24, 2.45) is 10.7 Å². The van der Waals surface area contributed by atoms with Gasteiger partial charge in [-0.15, -0.1) is 0 Å². The number of rotatable bonds is 1. The number of carbonyl (C=O) groups excluding carboxylic acids is 1. The van der Waals surface area contributed by atoms with Crippen LogP contribution < -0.4 is 5.73 Å². The van der Waals surface area contributed by atoms with Gasteiger partial charge in [0.25, 0.3) is 5.91 Å². The third kappa shape index (κ3) is 1.15. The molecule has 2 bridgehead atoms. The minimum atomic E-state index is -0.490. The predicted molar refractivity (Wildman–Crippen MR) is 56.5 cm³/mol. The normalized spacial score (nSPS) is 21.5. The van der Waals surface area contributed by atoms with Crippen molar-refractivity contribution in [3.05, 3.63) is 47.6 Å². The van der Waals surface area contributed by atoms with Crippen molar-refractivity contribution in [3.63, 3.8) is 0 Å². The maximum Gasteiger partial charge on any atom is 0.267 e. The lowest BCUT2D eigenvalue weighted by atomic mass is 10.1. The molecule has 0 saturated heterocycles. The van der Waals surface area contributed by atoms with E-state index in [9.17, 15) is 4.79 Å². The third-order valence-corrected chi connectivity index (χ3v) is 2.60. The number of allylic oxidation sites excluding steroid dienone is 4. The Morgan fingerprint density at radius 1 is 1.40 bits per heavy atom. The molecular weight excluding hydrogens is 190 g/mol. The number of primary amides is 1. The maximum atomic E-state index is 11.0. The molecule has 2 N–H and O–H groups in total. The smallest absolute Gasteiger partial charge is 0.267 e. The standard InChI is InChI=1S/C11H9N3O/c12-10(15)9-3-4-14-6-7-1-2-8(5-7)11(14)13-9/h1-4,6H,5H2,(H2,12,15). The Bertz CT molecular complexity index is 506. The lowest BCUT2D eigenvalue weighted by molar-refractivity contribution is -0.111. The highest BCUT2D eigenvalue weighted by Gasteiger charge is 2.23. The molecule has 0 aromatic heterocycles. The van der Waals surface area contributed by atoms with Gasteiger partial charge in [-0.3, -0.25) is 4.79 Å². The van der Waals surface area contributed by atoms with Crippen molar-refractivity contribution >= 4 is 11.6 Å². The summed E-state index contributed by atoms with van der Waals surface area (Å²) >= 11 is 0. The monoisotopic (exact) mass is 199 g/mol. The number of aliphatic imine (C=N–C) groups is 1. The van der Waals surface area contributed by atoms with Crippen LogP contribution in [0, 0.1) is 0 Å². The van der Waals surface area contributed by atoms with Crippen LogP contribution in [0.4, 0.5) is 0 Å². The molecule has 0 fully saturated rings. The summed E-state index contributed by atoms with van der Waals surface area (Å²) < 4.78 is 0. The van der Waals surface area contributed by atoms with Crippen molar-refractivity contribution in [1.82, 2.24) is 4.90 Å². The molecule has 0 aromatic rings. The van der Waals surface area contributed by atoms with Crippen molar-refractivity contribution in [1.29, 1.82) is 0 Å². The second kappa shape index (κ2) is 2.70. The van der Waals surface area contributed by atoms with E-state index < -0.39 is 5.91 Å². The lowest BCUT2D eigenvalue weighted by Crippen LogP contribution is -2.27. The van der Waals surface area contributed by atoms with Gasteiger partial charge in [-0.1, -0.05) is 12.2 Å². The average molecular weight is 199 g/mol. The van der Waals surface area contributed by atoms with Gasteiger partial charge in [-0.2, -0.15) is 0 Å². The first-order chi connectivity index (χ1) is 7.24. The van der Waals surface area contributed by atoms with Crippen LogP contribution in [-0.2, 0) is 4.79 Å². The van der Waals surface area contributed by atoms with E-state index in [1.54, 1.807) is 6.08 Å². The highest BCUT2D eigenvalue weighted by atomic mass is 16.1. The van der Waals surface area contributed by atoms with Gasteiger partial charge in [0.1, 0.15) is 11.5 Å². The maximum absolute atomic E-state index is 11.0.